The summed E-state index contributed by atoms with van der Waals surface area (Å²) in [4.78, 5) is 45.2. The zero-order chi connectivity index (χ0) is 29.8. The number of likely N-dealkylation sites (tertiary alicyclic amines) is 2. The van der Waals surface area contributed by atoms with Gasteiger partial charge in [-0.15, -0.1) is 0 Å². The molecule has 3 aliphatic rings. The Bertz CT molecular complexity index is 1330. The summed E-state index contributed by atoms with van der Waals surface area (Å²) in [5, 5.41) is 11.3. The minimum absolute atomic E-state index is 0. The number of aromatic nitrogens is 1. The van der Waals surface area contributed by atoms with Gasteiger partial charge in [-0.25, -0.2) is 0 Å². The smallest absolute Gasteiger partial charge is 0.550 e. The van der Waals surface area contributed by atoms with Crippen molar-refractivity contribution in [2.45, 2.75) is 76.5 Å². The molecule has 226 valence electrons. The van der Waals surface area contributed by atoms with E-state index < -0.39 is 5.97 Å². The van der Waals surface area contributed by atoms with Crippen molar-refractivity contribution in [2.24, 2.45) is 11.8 Å². The second kappa shape index (κ2) is 16.0. The van der Waals surface area contributed by atoms with Gasteiger partial charge >= 0.3 is 29.6 Å². The van der Waals surface area contributed by atoms with Crippen molar-refractivity contribution in [3.8, 4) is 0 Å². The van der Waals surface area contributed by atoms with E-state index >= 15 is 0 Å². The topological polar surface area (TPSA) is 93.6 Å². The fourth-order valence-electron chi connectivity index (χ4n) is 6.98. The zero-order valence-electron chi connectivity index (χ0n) is 24.8. The number of carboxylic acid groups (broad SMARTS) is 1. The van der Waals surface area contributed by atoms with E-state index in [1.807, 2.05) is 22.1 Å². The largest absolute Gasteiger partial charge is 1.00 e. The van der Waals surface area contributed by atoms with Gasteiger partial charge in [-0.3, -0.25) is 14.6 Å². The summed E-state index contributed by atoms with van der Waals surface area (Å²) in [6.07, 6.45) is 9.19. The molecule has 0 N–H and O–H groups in total. The van der Waals surface area contributed by atoms with Gasteiger partial charge in [0, 0.05) is 71.1 Å². The number of fused-ring (bicyclic) bond motifs is 2. The Hall–Kier alpha value is -0.970. The Morgan fingerprint density at radius 3 is 2.21 bits per heavy atom. The van der Waals surface area contributed by atoms with Gasteiger partial charge in [-0.05, 0) is 120 Å². The number of unbranched alkanes of at least 4 members (excludes halogenated alkanes) is 1. The van der Waals surface area contributed by atoms with Crippen molar-refractivity contribution in [2.75, 3.05) is 26.2 Å². The molecule has 2 saturated heterocycles. The van der Waals surface area contributed by atoms with Crippen molar-refractivity contribution >= 4 is 61.2 Å². The molecule has 1 aromatic heterocycles. The van der Waals surface area contributed by atoms with Crippen LogP contribution in [0.5, 0.6) is 0 Å². The van der Waals surface area contributed by atoms with E-state index in [2.05, 4.69) is 44.0 Å². The average Bonchev–Trinajstić information content (AvgIpc) is 3.12. The van der Waals surface area contributed by atoms with E-state index in [1.165, 1.54) is 16.7 Å². The number of aliphatic carboxylic acids is 1. The summed E-state index contributed by atoms with van der Waals surface area (Å²) < 4.78 is 2.03. The van der Waals surface area contributed by atoms with Crippen LogP contribution in [-0.2, 0) is 27.2 Å². The van der Waals surface area contributed by atoms with E-state index in [-0.39, 0.29) is 53.7 Å². The maximum Gasteiger partial charge on any atom is 1.00 e. The summed E-state index contributed by atoms with van der Waals surface area (Å²) in [6, 6.07) is 6.29. The number of rotatable bonds is 8. The van der Waals surface area contributed by atoms with E-state index in [0.717, 1.165) is 71.3 Å². The number of pyridine rings is 1. The molecule has 1 atom stereocenters. The van der Waals surface area contributed by atoms with Crippen molar-refractivity contribution in [1.82, 2.24) is 14.8 Å². The third-order valence-corrected chi connectivity index (χ3v) is 10.5. The van der Waals surface area contributed by atoms with Crippen molar-refractivity contribution < 1.29 is 49.0 Å². The normalized spacial score (nSPS) is 19.2. The summed E-state index contributed by atoms with van der Waals surface area (Å²) in [5.41, 5.74) is 4.98. The van der Waals surface area contributed by atoms with Gasteiger partial charge in [-0.1, -0.05) is 27.5 Å². The summed E-state index contributed by atoms with van der Waals surface area (Å²) in [5.74, 6) is 0.0474. The number of carboxylic acids is 1. The number of hydrogen-bond acceptors (Lipinski definition) is 5. The van der Waals surface area contributed by atoms with Gasteiger partial charge in [0.15, 0.2) is 0 Å². The number of carbonyl (C=O) groups excluding carboxylic acids is 3. The Labute approximate surface area is 298 Å². The van der Waals surface area contributed by atoms with Gasteiger partial charge in [0.1, 0.15) is 0 Å². The minimum atomic E-state index is -1.07. The molecular weight excluding hydrogens is 709 g/mol. The molecule has 2 amide bonds. The third-order valence-electron chi connectivity index (χ3n) is 9.23. The number of nitrogens with zero attached hydrogens (tertiary/aromatic N) is 3. The zero-order valence-corrected chi connectivity index (χ0v) is 30.7. The second-order valence-corrected chi connectivity index (χ2v) is 14.2. The SMILES string of the molecule is O=C([O-])CCCCC(=O)N1CCC(CC(=O)N2CCC(C3c4ncc(Br)cc4CCc4cc(Cl)cc(Br)c43)CC2)CC1.[Na+]. The third kappa shape index (κ3) is 8.85. The fourth-order valence-corrected chi connectivity index (χ4v) is 8.48. The molecule has 1 aromatic carbocycles. The quantitative estimate of drug-likeness (QED) is 0.306. The fraction of sp³-hybridized carbons (Fsp3) is 0.562. The Morgan fingerprint density at radius 1 is 0.884 bits per heavy atom. The molecule has 1 unspecified atom stereocenters. The summed E-state index contributed by atoms with van der Waals surface area (Å²) in [6.45, 7) is 2.83. The first-order valence-corrected chi connectivity index (χ1v) is 17.0. The van der Waals surface area contributed by atoms with Crippen LogP contribution in [0, 0.1) is 11.8 Å². The molecule has 0 spiro atoms. The first-order valence-electron chi connectivity index (χ1n) is 15.1. The summed E-state index contributed by atoms with van der Waals surface area (Å²) >= 11 is 13.9. The molecule has 43 heavy (non-hydrogen) atoms. The van der Waals surface area contributed by atoms with Crippen molar-refractivity contribution in [1.29, 1.82) is 0 Å². The first kappa shape index (κ1) is 34.9. The van der Waals surface area contributed by atoms with E-state index in [9.17, 15) is 19.5 Å². The Morgan fingerprint density at radius 2 is 1.51 bits per heavy atom. The van der Waals surface area contributed by atoms with Crippen LogP contribution in [0.2, 0.25) is 5.02 Å². The predicted molar refractivity (Wildman–Crippen MR) is 167 cm³/mol. The van der Waals surface area contributed by atoms with Crippen LogP contribution in [0.15, 0.2) is 33.3 Å². The van der Waals surface area contributed by atoms with Gasteiger partial charge in [0.25, 0.3) is 0 Å². The molecular formula is C32H37Br2ClN3NaO4. The molecule has 5 rings (SSSR count). The molecule has 7 nitrogen and oxygen atoms in total. The number of benzene rings is 1. The van der Waals surface area contributed by atoms with Gasteiger partial charge in [0.05, 0.1) is 5.69 Å². The number of hydrogen-bond donors (Lipinski definition) is 0. The van der Waals surface area contributed by atoms with Crippen LogP contribution in [0.1, 0.15) is 86.1 Å². The van der Waals surface area contributed by atoms with Crippen molar-refractivity contribution in [3.05, 3.63) is 60.7 Å². The molecule has 1 aliphatic carbocycles. The molecule has 0 bridgehead atoms. The van der Waals surface area contributed by atoms with Crippen LogP contribution >= 0.6 is 43.5 Å². The molecule has 0 saturated carbocycles. The van der Waals surface area contributed by atoms with Crippen LogP contribution < -0.4 is 34.7 Å². The van der Waals surface area contributed by atoms with E-state index in [1.54, 1.807) is 0 Å². The second-order valence-electron chi connectivity index (χ2n) is 12.0. The number of amides is 2. The Balaban J connectivity index is 0.00000423. The number of carbonyl (C=O) groups is 3. The van der Waals surface area contributed by atoms with Crippen molar-refractivity contribution in [3.63, 3.8) is 0 Å². The molecule has 2 aliphatic heterocycles. The van der Waals surface area contributed by atoms with Gasteiger partial charge in [0.2, 0.25) is 11.8 Å². The van der Waals surface area contributed by atoms with E-state index in [4.69, 9.17) is 16.6 Å². The first-order chi connectivity index (χ1) is 20.2. The van der Waals surface area contributed by atoms with Gasteiger partial charge < -0.3 is 19.7 Å². The molecule has 3 heterocycles. The Kier molecular flexibility index (Phi) is 13.0. The monoisotopic (exact) mass is 743 g/mol. The summed E-state index contributed by atoms with van der Waals surface area (Å²) in [7, 11) is 0. The molecule has 11 heteroatoms. The van der Waals surface area contributed by atoms with Crippen LogP contribution in [0.25, 0.3) is 0 Å². The average molecular weight is 746 g/mol. The maximum absolute atomic E-state index is 13.3. The van der Waals surface area contributed by atoms with Crippen LogP contribution in [0.3, 0.4) is 0 Å². The minimum Gasteiger partial charge on any atom is -0.550 e. The number of aryl methyl sites for hydroxylation is 2. The molecule has 0 radical (unpaired) electrons. The van der Waals surface area contributed by atoms with E-state index in [0.29, 0.717) is 50.6 Å². The standard InChI is InChI=1S/C32H38Br2ClN3O4.Na/c33-24-16-23-6-5-22-17-25(35)18-26(34)30(22)31(32(23)36-19-24)21-9-13-38(14-10-21)28(40)15-20-7-11-37(12-8-20)27(39)3-1-2-4-29(41)42;/h16-21,31H,1-15H2,(H,41,42);/q;+1/p-1. The number of halogens is 3. The molecule has 2 aromatic rings. The molecule has 2 fully saturated rings. The van der Waals surface area contributed by atoms with Crippen LogP contribution in [0.4, 0.5) is 0 Å². The van der Waals surface area contributed by atoms with Crippen LogP contribution in [-0.4, -0.2) is 58.7 Å². The predicted octanol–water partition coefficient (Wildman–Crippen LogP) is 2.67. The maximum atomic E-state index is 13.3. The number of piperidine rings is 2. The van der Waals surface area contributed by atoms with Gasteiger partial charge in [-0.2, -0.15) is 0 Å².